The summed E-state index contributed by atoms with van der Waals surface area (Å²) < 4.78 is 13.0. The van der Waals surface area contributed by atoms with Crippen LogP contribution in [0.25, 0.3) is 0 Å². The molecule has 3 nitrogen and oxygen atoms in total. The van der Waals surface area contributed by atoms with E-state index in [1.807, 2.05) is 0 Å². The molecule has 0 amide bonds. The monoisotopic (exact) mass is 237 g/mol. The van der Waals surface area contributed by atoms with E-state index >= 15 is 0 Å². The van der Waals surface area contributed by atoms with E-state index in [0.29, 0.717) is 10.6 Å². The number of carbonyl (C=O) groups is 1. The summed E-state index contributed by atoms with van der Waals surface area (Å²) in [5.74, 6) is -2.36. The number of hydrogen-bond acceptors (Lipinski definition) is 3. The maximum Gasteiger partial charge on any atom is 0.317 e. The summed E-state index contributed by atoms with van der Waals surface area (Å²) in [7, 11) is 0. The maximum absolute atomic E-state index is 13.0. The Bertz CT molecular complexity index is 498. The Labute approximate surface area is 95.2 Å². The summed E-state index contributed by atoms with van der Waals surface area (Å²) in [6.07, 6.45) is 1.54. The van der Waals surface area contributed by atoms with Crippen LogP contribution >= 0.6 is 11.3 Å². The van der Waals surface area contributed by atoms with Gasteiger partial charge in [0.1, 0.15) is 16.7 Å². The van der Waals surface area contributed by atoms with Crippen LogP contribution in [0.2, 0.25) is 0 Å². The highest BCUT2D eigenvalue weighted by Gasteiger charge is 2.24. The average molecular weight is 237 g/mol. The number of halogens is 1. The van der Waals surface area contributed by atoms with E-state index in [4.69, 9.17) is 5.11 Å². The van der Waals surface area contributed by atoms with Gasteiger partial charge < -0.3 is 5.11 Å². The van der Waals surface area contributed by atoms with Crippen LogP contribution in [0.3, 0.4) is 0 Å². The molecular formula is C11H8FNO2S. The Balaban J connectivity index is 2.45. The first kappa shape index (κ1) is 10.8. The summed E-state index contributed by atoms with van der Waals surface area (Å²) in [5, 5.41) is 11.3. The van der Waals surface area contributed by atoms with Gasteiger partial charge >= 0.3 is 5.97 Å². The molecule has 82 valence electrons. The van der Waals surface area contributed by atoms with Crippen molar-refractivity contribution in [3.63, 3.8) is 0 Å². The van der Waals surface area contributed by atoms with E-state index in [0.717, 1.165) is 0 Å². The van der Waals surface area contributed by atoms with Gasteiger partial charge in [-0.15, -0.1) is 11.3 Å². The van der Waals surface area contributed by atoms with Crippen LogP contribution in [-0.4, -0.2) is 16.1 Å². The minimum atomic E-state index is -1.03. The molecule has 2 rings (SSSR count). The summed E-state index contributed by atoms with van der Waals surface area (Å²) in [6.45, 7) is 0. The van der Waals surface area contributed by atoms with Crippen molar-refractivity contribution in [1.82, 2.24) is 4.98 Å². The first-order valence-corrected chi connectivity index (χ1v) is 5.44. The standard InChI is InChI=1S/C11H8FNO2S/c12-8-3-1-2-7(6-8)9(11(14)15)10-13-4-5-16-10/h1-6,9H,(H,14,15). The molecule has 1 heterocycles. The zero-order valence-electron chi connectivity index (χ0n) is 8.13. The van der Waals surface area contributed by atoms with Crippen molar-refractivity contribution in [2.24, 2.45) is 0 Å². The summed E-state index contributed by atoms with van der Waals surface area (Å²) in [5.41, 5.74) is 0.405. The van der Waals surface area contributed by atoms with Crippen molar-refractivity contribution in [2.75, 3.05) is 0 Å². The molecule has 0 spiro atoms. The number of carboxylic acids is 1. The van der Waals surface area contributed by atoms with Crippen molar-refractivity contribution in [1.29, 1.82) is 0 Å². The third kappa shape index (κ3) is 2.09. The first-order valence-electron chi connectivity index (χ1n) is 4.56. The molecular weight excluding hydrogens is 229 g/mol. The van der Waals surface area contributed by atoms with Gasteiger partial charge in [-0.05, 0) is 17.7 Å². The normalized spacial score (nSPS) is 12.3. The van der Waals surface area contributed by atoms with Crippen LogP contribution in [0.15, 0.2) is 35.8 Å². The second-order valence-corrected chi connectivity index (χ2v) is 4.12. The fraction of sp³-hybridized carbons (Fsp3) is 0.0909. The maximum atomic E-state index is 13.0. The summed E-state index contributed by atoms with van der Waals surface area (Å²) >= 11 is 1.25. The molecule has 0 saturated heterocycles. The molecule has 0 aliphatic carbocycles. The van der Waals surface area contributed by atoms with Crippen LogP contribution in [0.4, 0.5) is 4.39 Å². The fourth-order valence-electron chi connectivity index (χ4n) is 1.45. The summed E-state index contributed by atoms with van der Waals surface area (Å²) in [4.78, 5) is 15.1. The van der Waals surface area contributed by atoms with Crippen LogP contribution in [0.1, 0.15) is 16.5 Å². The third-order valence-electron chi connectivity index (χ3n) is 2.13. The zero-order chi connectivity index (χ0) is 11.5. The third-order valence-corrected chi connectivity index (χ3v) is 2.97. The van der Waals surface area contributed by atoms with Crippen molar-refractivity contribution in [3.05, 3.63) is 52.2 Å². The SMILES string of the molecule is O=C(O)C(c1cccc(F)c1)c1nccs1. The molecule has 5 heteroatoms. The van der Waals surface area contributed by atoms with Gasteiger partial charge in [0.25, 0.3) is 0 Å². The Hall–Kier alpha value is -1.75. The largest absolute Gasteiger partial charge is 0.480 e. The molecule has 0 fully saturated rings. The molecule has 0 radical (unpaired) electrons. The average Bonchev–Trinajstić information content (AvgIpc) is 2.71. The molecule has 1 atom stereocenters. The lowest BCUT2D eigenvalue weighted by molar-refractivity contribution is -0.137. The van der Waals surface area contributed by atoms with Gasteiger partial charge in [0, 0.05) is 11.6 Å². The molecule has 1 unspecified atom stereocenters. The van der Waals surface area contributed by atoms with Crippen molar-refractivity contribution in [3.8, 4) is 0 Å². The second kappa shape index (κ2) is 4.40. The molecule has 0 saturated carbocycles. The molecule has 2 aromatic rings. The predicted octanol–water partition coefficient (Wildman–Crippen LogP) is 2.50. The molecule has 1 aromatic carbocycles. The number of aliphatic carboxylic acids is 1. The lowest BCUT2D eigenvalue weighted by Crippen LogP contribution is -2.12. The minimum Gasteiger partial charge on any atom is -0.480 e. The lowest BCUT2D eigenvalue weighted by Gasteiger charge is -2.09. The number of aromatic nitrogens is 1. The van der Waals surface area contributed by atoms with Gasteiger partial charge in [-0.3, -0.25) is 4.79 Å². The van der Waals surface area contributed by atoms with Crippen LogP contribution in [-0.2, 0) is 4.79 Å². The Morgan fingerprint density at radius 3 is 2.88 bits per heavy atom. The van der Waals surface area contributed by atoms with Gasteiger partial charge in [0.05, 0.1) is 0 Å². The number of thiazole rings is 1. The van der Waals surface area contributed by atoms with E-state index in [-0.39, 0.29) is 0 Å². The van der Waals surface area contributed by atoms with Gasteiger partial charge in [0.2, 0.25) is 0 Å². The number of rotatable bonds is 3. The molecule has 1 N–H and O–H groups in total. The molecule has 1 aromatic heterocycles. The molecule has 16 heavy (non-hydrogen) atoms. The predicted molar refractivity (Wildman–Crippen MR) is 58.0 cm³/mol. The number of hydrogen-bond donors (Lipinski definition) is 1. The van der Waals surface area contributed by atoms with E-state index in [9.17, 15) is 9.18 Å². The minimum absolute atomic E-state index is 0.405. The van der Waals surface area contributed by atoms with Crippen molar-refractivity contribution < 1.29 is 14.3 Å². The van der Waals surface area contributed by atoms with Crippen molar-refractivity contribution >= 4 is 17.3 Å². The lowest BCUT2D eigenvalue weighted by atomic mass is 10.00. The number of carboxylic acid groups (broad SMARTS) is 1. The van der Waals surface area contributed by atoms with E-state index in [1.165, 1.54) is 35.7 Å². The highest BCUT2D eigenvalue weighted by molar-refractivity contribution is 7.09. The molecule has 0 bridgehead atoms. The first-order chi connectivity index (χ1) is 7.68. The second-order valence-electron chi connectivity index (χ2n) is 3.20. The van der Waals surface area contributed by atoms with Gasteiger partial charge in [-0.2, -0.15) is 0 Å². The smallest absolute Gasteiger partial charge is 0.317 e. The molecule has 0 aliphatic heterocycles. The number of benzene rings is 1. The Kier molecular flexibility index (Phi) is 2.96. The van der Waals surface area contributed by atoms with E-state index < -0.39 is 17.7 Å². The van der Waals surface area contributed by atoms with Crippen molar-refractivity contribution in [2.45, 2.75) is 5.92 Å². The fourth-order valence-corrected chi connectivity index (χ4v) is 2.21. The van der Waals surface area contributed by atoms with E-state index in [1.54, 1.807) is 11.4 Å². The Morgan fingerprint density at radius 1 is 1.50 bits per heavy atom. The van der Waals surface area contributed by atoms with Gasteiger partial charge in [-0.25, -0.2) is 9.37 Å². The Morgan fingerprint density at radius 2 is 2.31 bits per heavy atom. The van der Waals surface area contributed by atoms with Crippen LogP contribution < -0.4 is 0 Å². The van der Waals surface area contributed by atoms with Gasteiger partial charge in [-0.1, -0.05) is 12.1 Å². The molecule has 0 aliphatic rings. The summed E-state index contributed by atoms with van der Waals surface area (Å²) in [6, 6.07) is 5.59. The van der Waals surface area contributed by atoms with Crippen LogP contribution in [0.5, 0.6) is 0 Å². The number of nitrogens with zero attached hydrogens (tertiary/aromatic N) is 1. The highest BCUT2D eigenvalue weighted by Crippen LogP contribution is 2.26. The topological polar surface area (TPSA) is 50.2 Å². The highest BCUT2D eigenvalue weighted by atomic mass is 32.1. The van der Waals surface area contributed by atoms with E-state index in [2.05, 4.69) is 4.98 Å². The zero-order valence-corrected chi connectivity index (χ0v) is 8.95. The quantitative estimate of drug-likeness (QED) is 0.892. The van der Waals surface area contributed by atoms with Gasteiger partial charge in [0.15, 0.2) is 0 Å². The van der Waals surface area contributed by atoms with Crippen LogP contribution in [0, 0.1) is 5.82 Å².